The summed E-state index contributed by atoms with van der Waals surface area (Å²) < 4.78 is 32.6. The van der Waals surface area contributed by atoms with Gasteiger partial charge in [-0.05, 0) is 94.6 Å². The van der Waals surface area contributed by atoms with E-state index in [1.807, 2.05) is 31.2 Å². The first-order chi connectivity index (χ1) is 17.9. The molecular weight excluding hydrogens is 488 g/mol. The Morgan fingerprint density at radius 3 is 2.54 bits per heavy atom. The zero-order valence-corrected chi connectivity index (χ0v) is 22.1. The first-order valence-corrected chi connectivity index (χ1v) is 13.3. The minimum atomic E-state index is -0.237. The predicted molar refractivity (Wildman–Crippen MR) is 149 cm³/mol. The van der Waals surface area contributed by atoms with Gasteiger partial charge in [0.05, 0.1) is 6.67 Å². The second-order valence-electron chi connectivity index (χ2n) is 10.0. The molecule has 2 aliphatic rings. The zero-order chi connectivity index (χ0) is 25.9. The van der Waals surface area contributed by atoms with E-state index in [1.165, 1.54) is 11.6 Å². The molecule has 3 aromatic carbocycles. The predicted octanol–water partition coefficient (Wildman–Crippen LogP) is 8.03. The lowest BCUT2D eigenvalue weighted by Gasteiger charge is -2.37. The van der Waals surface area contributed by atoms with Gasteiger partial charge in [-0.15, -0.1) is 0 Å². The van der Waals surface area contributed by atoms with Gasteiger partial charge >= 0.3 is 0 Å². The highest BCUT2D eigenvalue weighted by molar-refractivity contribution is 6.33. The molecule has 0 amide bonds. The van der Waals surface area contributed by atoms with E-state index in [2.05, 4.69) is 42.2 Å². The maximum Gasteiger partial charge on any atom is 0.123 e. The number of likely N-dealkylation sites (tertiary alicyclic amines) is 1. The molecule has 0 aromatic heterocycles. The highest BCUT2D eigenvalue weighted by Gasteiger charge is 2.26. The lowest BCUT2D eigenvalue weighted by molar-refractivity contribution is 0.0668. The van der Waals surface area contributed by atoms with Gasteiger partial charge in [0, 0.05) is 30.6 Å². The Morgan fingerprint density at radius 2 is 1.84 bits per heavy atom. The molecule has 3 aromatic rings. The molecule has 1 heterocycles. The molecule has 1 aliphatic heterocycles. The zero-order valence-electron chi connectivity index (χ0n) is 21.4. The van der Waals surface area contributed by atoms with Crippen LogP contribution in [0.5, 0.6) is 5.75 Å². The number of rotatable bonds is 9. The molecular formula is C32H32ClF2NO. The summed E-state index contributed by atoms with van der Waals surface area (Å²) in [5, 5.41) is 0.734. The molecule has 1 fully saturated rings. The fraction of sp³-hybridized carbons (Fsp3) is 0.312. The summed E-state index contributed by atoms with van der Waals surface area (Å²) in [5.74, 6) is 0.783. The quantitative estimate of drug-likeness (QED) is 0.265. The SMILES string of the molecule is CC/C(=C(\C1=Cc2ccc(F)cc2C1)c1ccc(OCCN2CC(CF)C2)cc1)c1ccc(C)cc1Cl. The minimum absolute atomic E-state index is 0.187. The highest BCUT2D eigenvalue weighted by atomic mass is 35.5. The van der Waals surface area contributed by atoms with Crippen molar-refractivity contribution in [2.45, 2.75) is 26.7 Å². The largest absolute Gasteiger partial charge is 0.492 e. The van der Waals surface area contributed by atoms with Gasteiger partial charge in [-0.25, -0.2) is 4.39 Å². The normalized spacial score (nSPS) is 16.2. The van der Waals surface area contributed by atoms with Crippen molar-refractivity contribution in [2.24, 2.45) is 5.92 Å². The summed E-state index contributed by atoms with van der Waals surface area (Å²) in [6.45, 7) is 6.96. The molecule has 0 N–H and O–H groups in total. The van der Waals surface area contributed by atoms with Crippen LogP contribution in [0, 0.1) is 18.7 Å². The molecule has 192 valence electrons. The number of fused-ring (bicyclic) bond motifs is 1. The van der Waals surface area contributed by atoms with Crippen LogP contribution in [0.15, 0.2) is 66.2 Å². The maximum absolute atomic E-state index is 14.0. The number of alkyl halides is 1. The van der Waals surface area contributed by atoms with Gasteiger partial charge in [0.25, 0.3) is 0 Å². The molecule has 0 spiro atoms. The summed E-state index contributed by atoms with van der Waals surface area (Å²) in [5.41, 5.74) is 8.73. The Hall–Kier alpha value is -2.95. The second-order valence-corrected chi connectivity index (χ2v) is 10.4. The van der Waals surface area contributed by atoms with Crippen LogP contribution in [0.1, 0.15) is 41.2 Å². The molecule has 0 radical (unpaired) electrons. The molecule has 0 unspecified atom stereocenters. The number of halogens is 3. The van der Waals surface area contributed by atoms with Crippen molar-refractivity contribution in [3.63, 3.8) is 0 Å². The Bertz CT molecular complexity index is 1340. The van der Waals surface area contributed by atoms with Crippen LogP contribution in [0.3, 0.4) is 0 Å². The van der Waals surface area contributed by atoms with Crippen LogP contribution in [0.2, 0.25) is 5.02 Å². The van der Waals surface area contributed by atoms with Crippen LogP contribution < -0.4 is 4.74 Å². The third-order valence-corrected chi connectivity index (χ3v) is 7.62. The van der Waals surface area contributed by atoms with Crippen molar-refractivity contribution in [3.8, 4) is 5.75 Å². The number of hydrogen-bond acceptors (Lipinski definition) is 2. The van der Waals surface area contributed by atoms with Gasteiger partial charge in [-0.1, -0.05) is 54.9 Å². The van der Waals surface area contributed by atoms with Gasteiger partial charge in [-0.3, -0.25) is 9.29 Å². The van der Waals surface area contributed by atoms with E-state index in [-0.39, 0.29) is 18.4 Å². The molecule has 5 heteroatoms. The van der Waals surface area contributed by atoms with Gasteiger partial charge in [-0.2, -0.15) is 0 Å². The Kier molecular flexibility index (Phi) is 7.78. The molecule has 0 saturated carbocycles. The highest BCUT2D eigenvalue weighted by Crippen LogP contribution is 2.42. The van der Waals surface area contributed by atoms with E-state index in [0.29, 0.717) is 13.0 Å². The lowest BCUT2D eigenvalue weighted by Crippen LogP contribution is -2.49. The number of allylic oxidation sites excluding steroid dienone is 3. The van der Waals surface area contributed by atoms with Crippen molar-refractivity contribution in [3.05, 3.63) is 105 Å². The number of aryl methyl sites for hydroxylation is 1. The molecule has 0 atom stereocenters. The average Bonchev–Trinajstić information content (AvgIpc) is 3.27. The van der Waals surface area contributed by atoms with Crippen LogP contribution in [0.25, 0.3) is 17.2 Å². The van der Waals surface area contributed by atoms with Gasteiger partial charge in [0.15, 0.2) is 0 Å². The minimum Gasteiger partial charge on any atom is -0.492 e. The lowest BCUT2D eigenvalue weighted by atomic mass is 9.87. The molecule has 0 bridgehead atoms. The average molecular weight is 520 g/mol. The smallest absolute Gasteiger partial charge is 0.123 e. The summed E-state index contributed by atoms with van der Waals surface area (Å²) in [7, 11) is 0. The van der Waals surface area contributed by atoms with Crippen LogP contribution in [-0.4, -0.2) is 37.8 Å². The Labute approximate surface area is 223 Å². The number of nitrogens with zero attached hydrogens (tertiary/aromatic N) is 1. The first kappa shape index (κ1) is 25.7. The molecule has 1 saturated heterocycles. The van der Waals surface area contributed by atoms with Crippen LogP contribution in [0.4, 0.5) is 8.78 Å². The fourth-order valence-corrected chi connectivity index (χ4v) is 5.71. The Morgan fingerprint density at radius 1 is 1.05 bits per heavy atom. The first-order valence-electron chi connectivity index (χ1n) is 13.0. The number of hydrogen-bond donors (Lipinski definition) is 0. The van der Waals surface area contributed by atoms with Gasteiger partial charge < -0.3 is 4.74 Å². The topological polar surface area (TPSA) is 12.5 Å². The maximum atomic E-state index is 14.0. The third-order valence-electron chi connectivity index (χ3n) is 7.31. The summed E-state index contributed by atoms with van der Waals surface area (Å²) in [4.78, 5) is 2.21. The monoisotopic (exact) mass is 519 g/mol. The molecule has 5 rings (SSSR count). The van der Waals surface area contributed by atoms with E-state index in [1.54, 1.807) is 6.07 Å². The van der Waals surface area contributed by atoms with E-state index in [9.17, 15) is 8.78 Å². The van der Waals surface area contributed by atoms with Crippen molar-refractivity contribution >= 4 is 28.8 Å². The van der Waals surface area contributed by atoms with E-state index < -0.39 is 0 Å². The Balaban J connectivity index is 1.45. The third kappa shape index (κ3) is 5.66. The van der Waals surface area contributed by atoms with E-state index in [4.69, 9.17) is 16.3 Å². The van der Waals surface area contributed by atoms with Crippen LogP contribution >= 0.6 is 11.6 Å². The summed E-state index contributed by atoms with van der Waals surface area (Å²) >= 11 is 6.75. The standard InChI is InChI=1S/C32H32ClF2NO/c1-3-29(30-11-4-21(2)14-31(30)33)32(26-15-24-5-8-27(35)17-25(24)16-26)23-6-9-28(10-7-23)37-13-12-36-19-22(18-34)20-36/h4-11,14-15,17,22H,3,12-13,16,18-20H2,1-2H3/b32-29+. The van der Waals surface area contributed by atoms with Crippen molar-refractivity contribution in [1.29, 1.82) is 0 Å². The fourth-order valence-electron chi connectivity index (χ4n) is 5.36. The molecule has 1 aliphatic carbocycles. The van der Waals surface area contributed by atoms with Crippen LogP contribution in [-0.2, 0) is 6.42 Å². The van der Waals surface area contributed by atoms with Crippen molar-refractivity contribution in [1.82, 2.24) is 4.90 Å². The van der Waals surface area contributed by atoms with Gasteiger partial charge in [0.1, 0.15) is 18.2 Å². The molecule has 2 nitrogen and oxygen atoms in total. The van der Waals surface area contributed by atoms with Crippen molar-refractivity contribution < 1.29 is 13.5 Å². The van der Waals surface area contributed by atoms with E-state index in [0.717, 1.165) is 75.8 Å². The number of ether oxygens (including phenoxy) is 1. The number of benzene rings is 3. The summed E-state index contributed by atoms with van der Waals surface area (Å²) in [6.07, 6.45) is 3.64. The molecule has 37 heavy (non-hydrogen) atoms. The summed E-state index contributed by atoms with van der Waals surface area (Å²) in [6, 6.07) is 19.4. The van der Waals surface area contributed by atoms with Crippen molar-refractivity contribution in [2.75, 3.05) is 32.9 Å². The van der Waals surface area contributed by atoms with Gasteiger partial charge in [0.2, 0.25) is 0 Å². The second kappa shape index (κ2) is 11.2. The van der Waals surface area contributed by atoms with E-state index >= 15 is 0 Å².